The summed E-state index contributed by atoms with van der Waals surface area (Å²) in [5.41, 5.74) is 1.27. The highest BCUT2D eigenvalue weighted by Crippen LogP contribution is 2.21. The highest BCUT2D eigenvalue weighted by atomic mass is 79.9. The second kappa shape index (κ2) is 6.50. The Morgan fingerprint density at radius 1 is 1.37 bits per heavy atom. The van der Waals surface area contributed by atoms with Crippen molar-refractivity contribution in [1.82, 2.24) is 5.32 Å². The van der Waals surface area contributed by atoms with Crippen molar-refractivity contribution in [3.8, 4) is 0 Å². The highest BCUT2D eigenvalue weighted by Gasteiger charge is 2.22. The van der Waals surface area contributed by atoms with E-state index in [1.165, 1.54) is 0 Å². The first kappa shape index (κ1) is 14.5. The molecule has 0 radical (unpaired) electrons. The van der Waals surface area contributed by atoms with Crippen molar-refractivity contribution in [1.29, 1.82) is 0 Å². The number of hydrogen-bond acceptors (Lipinski definition) is 3. The molecule has 1 saturated carbocycles. The summed E-state index contributed by atoms with van der Waals surface area (Å²) < 4.78 is 0.783. The van der Waals surface area contributed by atoms with Crippen LogP contribution in [0.1, 0.15) is 41.6 Å². The number of rotatable bonds is 4. The summed E-state index contributed by atoms with van der Waals surface area (Å²) in [6, 6.07) is 5.15. The predicted octanol–water partition coefficient (Wildman–Crippen LogP) is 2.54. The van der Waals surface area contributed by atoms with Crippen LogP contribution in [0.25, 0.3) is 0 Å². The highest BCUT2D eigenvalue weighted by molar-refractivity contribution is 9.10. The largest absolute Gasteiger partial charge is 0.478 e. The van der Waals surface area contributed by atoms with Crippen LogP contribution in [0.3, 0.4) is 0 Å². The quantitative estimate of drug-likeness (QED) is 0.794. The van der Waals surface area contributed by atoms with Gasteiger partial charge in [0.2, 0.25) is 0 Å². The number of nitrogens with one attached hydrogen (secondary N) is 1. The number of hydrogen-bond donors (Lipinski definition) is 3. The smallest absolute Gasteiger partial charge is 0.335 e. The van der Waals surface area contributed by atoms with Gasteiger partial charge in [0.15, 0.2) is 0 Å². The van der Waals surface area contributed by atoms with Crippen molar-refractivity contribution in [2.24, 2.45) is 0 Å². The molecule has 4 nitrogen and oxygen atoms in total. The topological polar surface area (TPSA) is 69.6 Å². The van der Waals surface area contributed by atoms with Gasteiger partial charge in [0.05, 0.1) is 11.7 Å². The molecule has 19 heavy (non-hydrogen) atoms. The Labute approximate surface area is 121 Å². The molecule has 0 heterocycles. The van der Waals surface area contributed by atoms with Crippen LogP contribution in [0.5, 0.6) is 0 Å². The first-order valence-corrected chi connectivity index (χ1v) is 7.30. The van der Waals surface area contributed by atoms with Crippen molar-refractivity contribution in [3.63, 3.8) is 0 Å². The van der Waals surface area contributed by atoms with Crippen LogP contribution >= 0.6 is 15.9 Å². The number of aliphatic hydroxyl groups excluding tert-OH is 1. The normalized spacial score (nSPS) is 23.3. The Balaban J connectivity index is 1.97. The van der Waals surface area contributed by atoms with E-state index in [2.05, 4.69) is 21.2 Å². The number of halogens is 1. The zero-order valence-electron chi connectivity index (χ0n) is 10.6. The van der Waals surface area contributed by atoms with E-state index in [1.807, 2.05) is 0 Å². The average molecular weight is 328 g/mol. The molecule has 1 aliphatic rings. The van der Waals surface area contributed by atoms with Crippen LogP contribution in [-0.2, 0) is 6.54 Å². The molecule has 3 N–H and O–H groups in total. The standard InChI is InChI=1S/C14H18BrNO3/c15-11-7-9(14(18)19)5-6-10(11)8-16-12-3-1-2-4-13(12)17/h5-7,12-13,16-17H,1-4,8H2,(H,18,19). The second-order valence-corrected chi connectivity index (χ2v) is 5.80. The van der Waals surface area contributed by atoms with Gasteiger partial charge in [0.1, 0.15) is 0 Å². The third kappa shape index (κ3) is 3.78. The zero-order valence-corrected chi connectivity index (χ0v) is 12.2. The molecule has 0 saturated heterocycles. The van der Waals surface area contributed by atoms with Crippen LogP contribution < -0.4 is 5.32 Å². The molecule has 1 fully saturated rings. The summed E-state index contributed by atoms with van der Waals surface area (Å²) in [5.74, 6) is -0.928. The molecule has 104 valence electrons. The fraction of sp³-hybridized carbons (Fsp3) is 0.500. The Kier molecular flexibility index (Phi) is 4.96. The Bertz CT molecular complexity index is 464. The molecule has 0 spiro atoms. The van der Waals surface area contributed by atoms with E-state index in [-0.39, 0.29) is 17.7 Å². The first-order valence-electron chi connectivity index (χ1n) is 6.51. The minimum atomic E-state index is -0.928. The van der Waals surface area contributed by atoms with Gasteiger partial charge in [-0.2, -0.15) is 0 Å². The van der Waals surface area contributed by atoms with Gasteiger partial charge >= 0.3 is 5.97 Å². The molecule has 0 amide bonds. The minimum Gasteiger partial charge on any atom is -0.478 e. The van der Waals surface area contributed by atoms with Crippen LogP contribution in [-0.4, -0.2) is 28.3 Å². The SMILES string of the molecule is O=C(O)c1ccc(CNC2CCCCC2O)c(Br)c1. The maximum absolute atomic E-state index is 10.8. The Hall–Kier alpha value is -0.910. The maximum atomic E-state index is 10.8. The molecule has 0 bridgehead atoms. The van der Waals surface area contributed by atoms with Crippen LogP contribution in [0, 0.1) is 0 Å². The third-order valence-corrected chi connectivity index (χ3v) is 4.32. The average Bonchev–Trinajstić information content (AvgIpc) is 2.39. The summed E-state index contributed by atoms with van der Waals surface area (Å²) in [7, 11) is 0. The maximum Gasteiger partial charge on any atom is 0.335 e. The first-order chi connectivity index (χ1) is 9.08. The molecule has 1 aromatic carbocycles. The van der Waals surface area contributed by atoms with Gasteiger partial charge in [-0.3, -0.25) is 0 Å². The molecule has 5 heteroatoms. The van der Waals surface area contributed by atoms with Gasteiger partial charge in [0, 0.05) is 17.1 Å². The third-order valence-electron chi connectivity index (χ3n) is 3.58. The number of carboxylic acids is 1. The second-order valence-electron chi connectivity index (χ2n) is 4.95. The fourth-order valence-corrected chi connectivity index (χ4v) is 2.93. The van der Waals surface area contributed by atoms with Crippen molar-refractivity contribution in [2.45, 2.75) is 44.4 Å². The molecule has 2 atom stereocenters. The van der Waals surface area contributed by atoms with Crippen LogP contribution in [0.15, 0.2) is 22.7 Å². The van der Waals surface area contributed by atoms with Gasteiger partial charge in [-0.15, -0.1) is 0 Å². The lowest BCUT2D eigenvalue weighted by Gasteiger charge is -2.28. The number of carbonyl (C=O) groups is 1. The molecule has 0 aliphatic heterocycles. The van der Waals surface area contributed by atoms with E-state index < -0.39 is 5.97 Å². The number of benzene rings is 1. The van der Waals surface area contributed by atoms with E-state index >= 15 is 0 Å². The minimum absolute atomic E-state index is 0.139. The Morgan fingerprint density at radius 2 is 2.11 bits per heavy atom. The van der Waals surface area contributed by atoms with Crippen molar-refractivity contribution >= 4 is 21.9 Å². The van der Waals surface area contributed by atoms with Crippen molar-refractivity contribution in [2.75, 3.05) is 0 Å². The summed E-state index contributed by atoms with van der Waals surface area (Å²) in [6.07, 6.45) is 3.82. The van der Waals surface area contributed by atoms with Crippen molar-refractivity contribution < 1.29 is 15.0 Å². The molecule has 0 aromatic heterocycles. The van der Waals surface area contributed by atoms with Gasteiger partial charge in [-0.25, -0.2) is 4.79 Å². The zero-order chi connectivity index (χ0) is 13.8. The van der Waals surface area contributed by atoms with Gasteiger partial charge in [0.25, 0.3) is 0 Å². The number of aromatic carboxylic acids is 1. The number of carboxylic acid groups (broad SMARTS) is 1. The molecule has 1 aromatic rings. The van der Waals surface area contributed by atoms with Crippen molar-refractivity contribution in [3.05, 3.63) is 33.8 Å². The van der Waals surface area contributed by atoms with Gasteiger partial charge in [-0.1, -0.05) is 34.8 Å². The van der Waals surface area contributed by atoms with Crippen LogP contribution in [0.2, 0.25) is 0 Å². The monoisotopic (exact) mass is 327 g/mol. The van der Waals surface area contributed by atoms with E-state index in [0.29, 0.717) is 6.54 Å². The van der Waals surface area contributed by atoms with Gasteiger partial charge < -0.3 is 15.5 Å². The summed E-state index contributed by atoms with van der Waals surface area (Å²) >= 11 is 3.39. The summed E-state index contributed by atoms with van der Waals surface area (Å²) in [5, 5.41) is 22.1. The predicted molar refractivity (Wildman–Crippen MR) is 76.2 cm³/mol. The molecule has 2 rings (SSSR count). The summed E-state index contributed by atoms with van der Waals surface area (Å²) in [4.78, 5) is 10.8. The van der Waals surface area contributed by atoms with E-state index in [9.17, 15) is 9.90 Å². The van der Waals surface area contributed by atoms with Gasteiger partial charge in [-0.05, 0) is 30.5 Å². The lowest BCUT2D eigenvalue weighted by Crippen LogP contribution is -2.41. The Morgan fingerprint density at radius 3 is 2.74 bits per heavy atom. The lowest BCUT2D eigenvalue weighted by atomic mass is 9.92. The molecule has 1 aliphatic carbocycles. The van der Waals surface area contributed by atoms with Crippen LogP contribution in [0.4, 0.5) is 0 Å². The lowest BCUT2D eigenvalue weighted by molar-refractivity contribution is 0.0697. The van der Waals surface area contributed by atoms with E-state index in [0.717, 1.165) is 35.7 Å². The van der Waals surface area contributed by atoms with E-state index in [1.54, 1.807) is 18.2 Å². The fourth-order valence-electron chi connectivity index (χ4n) is 2.41. The molecule has 2 unspecified atom stereocenters. The van der Waals surface area contributed by atoms with E-state index in [4.69, 9.17) is 5.11 Å². The molecular formula is C14H18BrNO3. The summed E-state index contributed by atoms with van der Waals surface area (Å²) in [6.45, 7) is 0.627. The molecular weight excluding hydrogens is 310 g/mol. The number of aliphatic hydroxyl groups is 1.